The Kier molecular flexibility index (Phi) is 3.85. The topological polar surface area (TPSA) is 33.2 Å². The van der Waals surface area contributed by atoms with E-state index < -0.39 is 5.95 Å². The summed E-state index contributed by atoms with van der Waals surface area (Å²) >= 11 is 0. The van der Waals surface area contributed by atoms with E-state index in [2.05, 4.69) is 4.98 Å². The molecule has 2 rings (SSSR count). The molecule has 19 heavy (non-hydrogen) atoms. The van der Waals surface area contributed by atoms with Gasteiger partial charge in [0, 0.05) is 19.8 Å². The van der Waals surface area contributed by atoms with E-state index in [0.717, 1.165) is 11.6 Å². The molecule has 0 radical (unpaired) electrons. The third kappa shape index (κ3) is 3.34. The molecule has 0 spiro atoms. The number of hydrogen-bond donors (Lipinski definition) is 0. The summed E-state index contributed by atoms with van der Waals surface area (Å²) in [7, 11) is 1.62. The summed E-state index contributed by atoms with van der Waals surface area (Å²) in [5.74, 6) is -1.21. The second kappa shape index (κ2) is 5.56. The lowest BCUT2D eigenvalue weighted by Crippen LogP contribution is -2.26. The first kappa shape index (κ1) is 13.1. The van der Waals surface area contributed by atoms with E-state index >= 15 is 0 Å². The number of benzene rings is 1. The molecule has 0 saturated carbocycles. The maximum Gasteiger partial charge on any atom is 0.255 e. The van der Waals surface area contributed by atoms with Gasteiger partial charge < -0.3 is 4.90 Å². The minimum atomic E-state index is -0.627. The molecular weight excluding hydrogens is 250 g/mol. The van der Waals surface area contributed by atoms with E-state index in [9.17, 15) is 13.6 Å². The number of hydrogen-bond acceptors (Lipinski definition) is 2. The molecule has 1 aromatic heterocycles. The van der Waals surface area contributed by atoms with Crippen molar-refractivity contribution in [2.24, 2.45) is 0 Å². The molecule has 2 aromatic rings. The van der Waals surface area contributed by atoms with E-state index in [4.69, 9.17) is 0 Å². The Morgan fingerprint density at radius 3 is 2.42 bits per heavy atom. The van der Waals surface area contributed by atoms with Crippen LogP contribution in [0.3, 0.4) is 0 Å². The Morgan fingerprint density at radius 2 is 1.84 bits per heavy atom. The number of nitrogens with zero attached hydrogens (tertiary/aromatic N) is 2. The van der Waals surface area contributed by atoms with Crippen molar-refractivity contribution in [2.45, 2.75) is 6.54 Å². The minimum Gasteiger partial charge on any atom is -0.337 e. The normalized spacial score (nSPS) is 10.3. The highest BCUT2D eigenvalue weighted by Crippen LogP contribution is 2.09. The van der Waals surface area contributed by atoms with Gasteiger partial charge in [-0.15, -0.1) is 0 Å². The van der Waals surface area contributed by atoms with Crippen molar-refractivity contribution in [1.29, 1.82) is 0 Å². The van der Waals surface area contributed by atoms with E-state index in [-0.39, 0.29) is 11.7 Å². The van der Waals surface area contributed by atoms with Crippen molar-refractivity contribution < 1.29 is 13.6 Å². The first-order chi connectivity index (χ1) is 9.06. The molecule has 5 heteroatoms. The van der Waals surface area contributed by atoms with E-state index in [1.165, 1.54) is 29.3 Å². The van der Waals surface area contributed by atoms with Crippen molar-refractivity contribution in [3.8, 4) is 0 Å². The Morgan fingerprint density at radius 1 is 1.16 bits per heavy atom. The highest BCUT2D eigenvalue weighted by molar-refractivity contribution is 5.93. The standard InChI is InChI=1S/C14H12F2N2O/c1-18(9-10-2-5-12(15)6-3-10)14(19)11-4-7-13(16)17-8-11/h2-8H,9H2,1H3. The van der Waals surface area contributed by atoms with E-state index in [0.29, 0.717) is 12.1 Å². The van der Waals surface area contributed by atoms with Gasteiger partial charge in [-0.25, -0.2) is 9.37 Å². The van der Waals surface area contributed by atoms with E-state index in [1.54, 1.807) is 19.2 Å². The maximum atomic E-state index is 12.8. The molecular formula is C14H12F2N2O. The highest BCUT2D eigenvalue weighted by Gasteiger charge is 2.12. The van der Waals surface area contributed by atoms with Gasteiger partial charge in [-0.1, -0.05) is 12.1 Å². The highest BCUT2D eigenvalue weighted by atomic mass is 19.1. The summed E-state index contributed by atoms with van der Waals surface area (Å²) < 4.78 is 25.4. The van der Waals surface area contributed by atoms with Gasteiger partial charge in [-0.2, -0.15) is 4.39 Å². The summed E-state index contributed by atoms with van der Waals surface area (Å²) in [6.07, 6.45) is 1.19. The van der Waals surface area contributed by atoms with Gasteiger partial charge in [-0.05, 0) is 29.8 Å². The summed E-state index contributed by atoms with van der Waals surface area (Å²) in [5.41, 5.74) is 1.12. The quantitative estimate of drug-likeness (QED) is 0.797. The molecule has 0 atom stereocenters. The second-order valence-corrected chi connectivity index (χ2v) is 4.16. The van der Waals surface area contributed by atoms with E-state index in [1.807, 2.05) is 0 Å². The molecule has 0 aliphatic carbocycles. The number of pyridine rings is 1. The zero-order valence-electron chi connectivity index (χ0n) is 10.3. The van der Waals surface area contributed by atoms with Crippen molar-refractivity contribution in [1.82, 2.24) is 9.88 Å². The Bertz CT molecular complexity index is 567. The number of rotatable bonds is 3. The van der Waals surface area contributed by atoms with Crippen LogP contribution in [0.1, 0.15) is 15.9 Å². The molecule has 98 valence electrons. The predicted octanol–water partition coefficient (Wildman–Crippen LogP) is 2.63. The third-order valence-corrected chi connectivity index (χ3v) is 2.65. The first-order valence-corrected chi connectivity index (χ1v) is 5.68. The molecule has 1 aromatic carbocycles. The van der Waals surface area contributed by atoms with Crippen molar-refractivity contribution in [2.75, 3.05) is 7.05 Å². The number of amides is 1. The largest absolute Gasteiger partial charge is 0.337 e. The number of halogens is 2. The van der Waals surface area contributed by atoms with Crippen LogP contribution in [0, 0.1) is 11.8 Å². The summed E-state index contributed by atoms with van der Waals surface area (Å²) in [5, 5.41) is 0. The van der Waals surface area contributed by atoms with Crippen molar-refractivity contribution >= 4 is 5.91 Å². The average molecular weight is 262 g/mol. The molecule has 1 heterocycles. The van der Waals surface area contributed by atoms with Gasteiger partial charge in [0.25, 0.3) is 5.91 Å². The zero-order chi connectivity index (χ0) is 13.8. The summed E-state index contributed by atoms with van der Waals surface area (Å²) in [4.78, 5) is 16.9. The van der Waals surface area contributed by atoms with Gasteiger partial charge in [0.05, 0.1) is 5.56 Å². The molecule has 0 saturated heterocycles. The first-order valence-electron chi connectivity index (χ1n) is 5.68. The maximum absolute atomic E-state index is 12.8. The van der Waals surface area contributed by atoms with Crippen LogP contribution in [-0.4, -0.2) is 22.8 Å². The molecule has 0 N–H and O–H groups in total. The molecule has 0 aliphatic rings. The monoisotopic (exact) mass is 262 g/mol. The Labute approximate surface area is 109 Å². The van der Waals surface area contributed by atoms with Gasteiger partial charge in [-0.3, -0.25) is 4.79 Å². The lowest BCUT2D eigenvalue weighted by atomic mass is 10.2. The minimum absolute atomic E-state index is 0.267. The Balaban J connectivity index is 2.07. The van der Waals surface area contributed by atoms with Crippen LogP contribution in [0.4, 0.5) is 8.78 Å². The lowest BCUT2D eigenvalue weighted by Gasteiger charge is -2.17. The lowest BCUT2D eigenvalue weighted by molar-refractivity contribution is 0.0784. The molecule has 0 fully saturated rings. The average Bonchev–Trinajstić information content (AvgIpc) is 2.41. The summed E-state index contributed by atoms with van der Waals surface area (Å²) in [6.45, 7) is 0.344. The number of aromatic nitrogens is 1. The number of carbonyl (C=O) groups is 1. The fraction of sp³-hybridized carbons (Fsp3) is 0.143. The number of carbonyl (C=O) groups excluding carboxylic acids is 1. The SMILES string of the molecule is CN(Cc1ccc(F)cc1)C(=O)c1ccc(F)nc1. The molecule has 1 amide bonds. The van der Waals surface area contributed by atoms with Crippen LogP contribution in [0.5, 0.6) is 0 Å². The van der Waals surface area contributed by atoms with Crippen LogP contribution in [0.2, 0.25) is 0 Å². The molecule has 3 nitrogen and oxygen atoms in total. The third-order valence-electron chi connectivity index (χ3n) is 2.65. The van der Waals surface area contributed by atoms with Crippen molar-refractivity contribution in [3.05, 3.63) is 65.5 Å². The Hall–Kier alpha value is -2.30. The zero-order valence-corrected chi connectivity index (χ0v) is 10.3. The van der Waals surface area contributed by atoms with Gasteiger partial charge in [0.15, 0.2) is 0 Å². The van der Waals surface area contributed by atoms with Crippen LogP contribution in [0.15, 0.2) is 42.6 Å². The molecule has 0 unspecified atom stereocenters. The smallest absolute Gasteiger partial charge is 0.255 e. The molecule has 0 bridgehead atoms. The van der Waals surface area contributed by atoms with Gasteiger partial charge >= 0.3 is 0 Å². The van der Waals surface area contributed by atoms with Gasteiger partial charge in [0.2, 0.25) is 5.95 Å². The second-order valence-electron chi connectivity index (χ2n) is 4.16. The fourth-order valence-corrected chi connectivity index (χ4v) is 1.66. The van der Waals surface area contributed by atoms with Gasteiger partial charge in [0.1, 0.15) is 5.82 Å². The van der Waals surface area contributed by atoms with Crippen molar-refractivity contribution in [3.63, 3.8) is 0 Å². The molecule has 0 aliphatic heterocycles. The summed E-state index contributed by atoms with van der Waals surface area (Å²) in [6, 6.07) is 8.43. The van der Waals surface area contributed by atoms with Crippen LogP contribution in [0.25, 0.3) is 0 Å². The predicted molar refractivity (Wildman–Crippen MR) is 66.4 cm³/mol. The van der Waals surface area contributed by atoms with Crippen LogP contribution in [-0.2, 0) is 6.54 Å². The van der Waals surface area contributed by atoms with Crippen LogP contribution < -0.4 is 0 Å². The van der Waals surface area contributed by atoms with Crippen LogP contribution >= 0.6 is 0 Å². The fourth-order valence-electron chi connectivity index (χ4n) is 1.66.